The maximum Gasteiger partial charge on any atom is 0.249 e. The Bertz CT molecular complexity index is 1140. The minimum atomic E-state index is -1.01. The number of unbranched alkanes of at least 4 members (excludes halogenated alkanes) is 4. The zero-order valence-electron chi connectivity index (χ0n) is 24.5. The first-order valence-electron chi connectivity index (χ1n) is 14.5. The second-order valence-electron chi connectivity index (χ2n) is 11.0. The molecule has 1 aromatic heterocycles. The normalized spacial score (nSPS) is 23.8. The standard InChI is InChI=1S/C29H43N5O4S3/c1-5-6-7-8-9-13-24(36)39-14-11-10-12-20-15-22(35)30-16-23-32-21(17-40-23)27-34-29(4,18-41-27)28(38)33-25(19(2)3)26(37)31-20/h10,12,17,19-20,25H,5-9,11,13-16,18H2,1-4H3,(H,30,35)(H,31,37)(H,33,38)/t20?,25?,29-/m0/s1. The number of allylic oxidation sites excluding steroid dienone is 1. The van der Waals surface area contributed by atoms with E-state index >= 15 is 0 Å². The number of carbonyl (C=O) groups excluding carboxylic acids is 4. The van der Waals surface area contributed by atoms with Crippen LogP contribution in [0.2, 0.25) is 0 Å². The Balaban J connectivity index is 1.66. The minimum absolute atomic E-state index is 0.0450. The van der Waals surface area contributed by atoms with Gasteiger partial charge in [-0.1, -0.05) is 70.4 Å². The zero-order chi connectivity index (χ0) is 29.8. The molecule has 0 saturated heterocycles. The third-order valence-electron chi connectivity index (χ3n) is 6.90. The molecular formula is C29H43N5O4S3. The minimum Gasteiger partial charge on any atom is -0.350 e. The average molecular weight is 622 g/mol. The maximum absolute atomic E-state index is 13.4. The smallest absolute Gasteiger partial charge is 0.249 e. The number of hydrogen-bond acceptors (Lipinski definition) is 9. The van der Waals surface area contributed by atoms with Gasteiger partial charge in [0.15, 0.2) is 5.12 Å². The van der Waals surface area contributed by atoms with Crippen molar-refractivity contribution in [2.24, 2.45) is 10.9 Å². The van der Waals surface area contributed by atoms with Crippen LogP contribution in [0.25, 0.3) is 0 Å². The Morgan fingerprint density at radius 3 is 2.73 bits per heavy atom. The van der Waals surface area contributed by atoms with Crippen LogP contribution < -0.4 is 16.0 Å². The molecule has 0 radical (unpaired) electrons. The molecule has 0 saturated carbocycles. The first-order chi connectivity index (χ1) is 19.6. The predicted molar refractivity (Wildman–Crippen MR) is 169 cm³/mol. The molecule has 0 fully saturated rings. The van der Waals surface area contributed by atoms with Gasteiger partial charge in [0.05, 0.1) is 19.0 Å². The highest BCUT2D eigenvalue weighted by atomic mass is 32.2. The fourth-order valence-corrected chi connectivity index (χ4v) is 7.09. The summed E-state index contributed by atoms with van der Waals surface area (Å²) in [7, 11) is 0. The molecular weight excluding hydrogens is 579 g/mol. The summed E-state index contributed by atoms with van der Waals surface area (Å²) in [6.45, 7) is 7.96. The monoisotopic (exact) mass is 621 g/mol. The number of aliphatic imine (C=N–C) groups is 1. The van der Waals surface area contributed by atoms with Gasteiger partial charge in [0.25, 0.3) is 0 Å². The fourth-order valence-electron chi connectivity index (χ4n) is 4.40. The van der Waals surface area contributed by atoms with Crippen LogP contribution in [0, 0.1) is 5.92 Å². The summed E-state index contributed by atoms with van der Waals surface area (Å²) in [5, 5.41) is 12.3. The second kappa shape index (κ2) is 16.5. The van der Waals surface area contributed by atoms with E-state index in [9.17, 15) is 19.2 Å². The summed E-state index contributed by atoms with van der Waals surface area (Å²) in [5.74, 6) is 0.0389. The number of thioether (sulfide) groups is 2. The van der Waals surface area contributed by atoms with E-state index in [4.69, 9.17) is 0 Å². The second-order valence-corrected chi connectivity index (χ2v) is 14.1. The molecule has 3 atom stereocenters. The van der Waals surface area contributed by atoms with Crippen molar-refractivity contribution >= 4 is 62.7 Å². The Hall–Kier alpha value is -2.18. The van der Waals surface area contributed by atoms with E-state index in [1.807, 2.05) is 31.4 Å². The van der Waals surface area contributed by atoms with Crippen LogP contribution in [-0.2, 0) is 25.7 Å². The van der Waals surface area contributed by atoms with Crippen molar-refractivity contribution in [3.05, 3.63) is 28.2 Å². The molecule has 3 N–H and O–H groups in total. The first kappa shape index (κ1) is 33.3. The average Bonchev–Trinajstić information content (AvgIpc) is 3.56. The molecule has 0 aromatic carbocycles. The van der Waals surface area contributed by atoms with Crippen molar-refractivity contribution in [3.63, 3.8) is 0 Å². The molecule has 0 spiro atoms. The molecule has 3 amide bonds. The van der Waals surface area contributed by atoms with Crippen molar-refractivity contribution in [2.75, 3.05) is 11.5 Å². The fraction of sp³-hybridized carbons (Fsp3) is 0.655. The largest absolute Gasteiger partial charge is 0.350 e. The van der Waals surface area contributed by atoms with Gasteiger partial charge in [0, 0.05) is 23.3 Å². The maximum atomic E-state index is 13.4. The van der Waals surface area contributed by atoms with Crippen LogP contribution >= 0.6 is 34.9 Å². The van der Waals surface area contributed by atoms with Gasteiger partial charge in [-0.2, -0.15) is 0 Å². The number of carbonyl (C=O) groups is 4. The lowest BCUT2D eigenvalue weighted by molar-refractivity contribution is -0.132. The van der Waals surface area contributed by atoms with Gasteiger partial charge < -0.3 is 16.0 Å². The van der Waals surface area contributed by atoms with Crippen molar-refractivity contribution in [1.29, 1.82) is 0 Å². The lowest BCUT2D eigenvalue weighted by atomic mass is 9.99. The molecule has 4 bridgehead atoms. The molecule has 2 aliphatic heterocycles. The number of nitrogens with zero attached hydrogens (tertiary/aromatic N) is 2. The Kier molecular flexibility index (Phi) is 13.4. The summed E-state index contributed by atoms with van der Waals surface area (Å²) in [6.07, 6.45) is 10.6. The number of fused-ring (bicyclic) bond motifs is 4. The number of nitrogens with one attached hydrogen (secondary N) is 3. The SMILES string of the molecule is CCCCCCCC(=O)SCCC=CC1CC(=O)NCc2nc(cs2)C2=N[C@@](C)(CS2)C(=O)NC(C(C)C)C(=O)N1. The van der Waals surface area contributed by atoms with E-state index in [2.05, 4.69) is 32.9 Å². The highest BCUT2D eigenvalue weighted by Gasteiger charge is 2.41. The molecule has 12 heteroatoms. The highest BCUT2D eigenvalue weighted by molar-refractivity contribution is 8.14. The number of hydrogen-bond donors (Lipinski definition) is 3. The highest BCUT2D eigenvalue weighted by Crippen LogP contribution is 2.32. The third-order valence-corrected chi connectivity index (χ3v) is 10.00. The molecule has 9 nitrogen and oxygen atoms in total. The van der Waals surface area contributed by atoms with Gasteiger partial charge in [0.1, 0.15) is 27.3 Å². The molecule has 3 heterocycles. The van der Waals surface area contributed by atoms with E-state index in [-0.39, 0.29) is 41.7 Å². The summed E-state index contributed by atoms with van der Waals surface area (Å²) in [6, 6.07) is -1.35. The van der Waals surface area contributed by atoms with Gasteiger partial charge >= 0.3 is 0 Å². The summed E-state index contributed by atoms with van der Waals surface area (Å²) in [4.78, 5) is 61.0. The van der Waals surface area contributed by atoms with Crippen molar-refractivity contribution < 1.29 is 19.2 Å². The van der Waals surface area contributed by atoms with E-state index in [0.29, 0.717) is 35.1 Å². The Morgan fingerprint density at radius 1 is 1.20 bits per heavy atom. The van der Waals surface area contributed by atoms with Crippen LogP contribution in [0.1, 0.15) is 89.8 Å². The molecule has 41 heavy (non-hydrogen) atoms. The van der Waals surface area contributed by atoms with Gasteiger partial charge in [-0.15, -0.1) is 23.1 Å². The topological polar surface area (TPSA) is 130 Å². The van der Waals surface area contributed by atoms with Gasteiger partial charge in [-0.3, -0.25) is 24.2 Å². The van der Waals surface area contributed by atoms with E-state index in [1.165, 1.54) is 54.1 Å². The van der Waals surface area contributed by atoms with Crippen LogP contribution in [0.5, 0.6) is 0 Å². The summed E-state index contributed by atoms with van der Waals surface area (Å²) in [5.41, 5.74) is -0.313. The van der Waals surface area contributed by atoms with Crippen molar-refractivity contribution in [3.8, 4) is 0 Å². The lowest BCUT2D eigenvalue weighted by Crippen LogP contribution is -2.56. The zero-order valence-corrected chi connectivity index (χ0v) is 26.9. The first-order valence-corrected chi connectivity index (χ1v) is 17.3. The van der Waals surface area contributed by atoms with E-state index in [0.717, 1.165) is 17.8 Å². The molecule has 2 aliphatic rings. The molecule has 226 valence electrons. The van der Waals surface area contributed by atoms with Crippen molar-refractivity contribution in [1.82, 2.24) is 20.9 Å². The van der Waals surface area contributed by atoms with Crippen LogP contribution in [0.4, 0.5) is 0 Å². The van der Waals surface area contributed by atoms with Crippen LogP contribution in [-0.4, -0.2) is 62.0 Å². The predicted octanol–water partition coefficient (Wildman–Crippen LogP) is 4.61. The number of rotatable bonds is 11. The van der Waals surface area contributed by atoms with Gasteiger partial charge in [-0.05, 0) is 25.7 Å². The van der Waals surface area contributed by atoms with Crippen molar-refractivity contribution in [2.45, 2.75) is 103 Å². The molecule has 3 rings (SSSR count). The van der Waals surface area contributed by atoms with E-state index in [1.54, 1.807) is 6.92 Å². The lowest BCUT2D eigenvalue weighted by Gasteiger charge is -2.27. The molecule has 2 unspecified atom stereocenters. The van der Waals surface area contributed by atoms with E-state index < -0.39 is 17.6 Å². The van der Waals surface area contributed by atoms with Crippen LogP contribution in [0.3, 0.4) is 0 Å². The Labute approximate surface area is 256 Å². The Morgan fingerprint density at radius 2 is 1.98 bits per heavy atom. The summed E-state index contributed by atoms with van der Waals surface area (Å²) >= 11 is 4.23. The summed E-state index contributed by atoms with van der Waals surface area (Å²) < 4.78 is 0. The quantitative estimate of drug-likeness (QED) is 0.243. The van der Waals surface area contributed by atoms with Gasteiger partial charge in [0.2, 0.25) is 17.7 Å². The number of aromatic nitrogens is 1. The van der Waals surface area contributed by atoms with Crippen LogP contribution in [0.15, 0.2) is 22.5 Å². The number of amides is 3. The van der Waals surface area contributed by atoms with Gasteiger partial charge in [-0.25, -0.2) is 4.98 Å². The molecule has 0 aliphatic carbocycles. The third kappa shape index (κ3) is 10.6. The number of thiazole rings is 1. The molecule has 1 aromatic rings.